The first kappa shape index (κ1) is 22.0. The van der Waals surface area contributed by atoms with Crippen LogP contribution in [0.1, 0.15) is 30.9 Å². The summed E-state index contributed by atoms with van der Waals surface area (Å²) >= 11 is 1.64. The fraction of sp³-hybridized carbons (Fsp3) is 0.346. The summed E-state index contributed by atoms with van der Waals surface area (Å²) < 4.78 is 22.8. The Morgan fingerprint density at radius 1 is 1.21 bits per heavy atom. The van der Waals surface area contributed by atoms with Crippen LogP contribution in [0.4, 0.5) is 15.8 Å². The number of nitrogens with zero attached hydrogens (tertiary/aromatic N) is 2. The van der Waals surface area contributed by atoms with Crippen LogP contribution in [-0.4, -0.2) is 37.8 Å². The van der Waals surface area contributed by atoms with Gasteiger partial charge >= 0.3 is 0 Å². The van der Waals surface area contributed by atoms with Crippen molar-refractivity contribution in [3.05, 3.63) is 64.4 Å². The highest BCUT2D eigenvalue weighted by Gasteiger charge is 2.31. The minimum absolute atomic E-state index is 0.322. The molecule has 4 aliphatic rings. The first-order valence-electron chi connectivity index (χ1n) is 11.5. The average molecular weight is 465 g/mol. The fourth-order valence-corrected chi connectivity index (χ4v) is 5.44. The third kappa shape index (κ3) is 4.52. The minimum atomic E-state index is -0.322. The Balaban J connectivity index is 1.42. The van der Waals surface area contributed by atoms with E-state index >= 15 is 0 Å². The number of ether oxygens (including phenoxy) is 1. The number of aromatic nitrogens is 1. The van der Waals surface area contributed by atoms with Crippen molar-refractivity contribution in [2.75, 3.05) is 36.4 Å². The Bertz CT molecular complexity index is 1130. The molecule has 1 aromatic carbocycles. The molecule has 33 heavy (non-hydrogen) atoms. The predicted octanol–water partition coefficient (Wildman–Crippen LogP) is 5.57. The molecule has 0 bridgehead atoms. The van der Waals surface area contributed by atoms with Gasteiger partial charge in [0, 0.05) is 41.7 Å². The number of hydrogen-bond donors (Lipinski definition) is 2. The lowest BCUT2D eigenvalue weighted by atomic mass is 10.0. The van der Waals surface area contributed by atoms with E-state index in [0.29, 0.717) is 6.04 Å². The maximum atomic E-state index is 14.0. The van der Waals surface area contributed by atoms with Crippen molar-refractivity contribution >= 4 is 29.4 Å². The molecule has 1 atom stereocenters. The van der Waals surface area contributed by atoms with Crippen LogP contribution in [0.2, 0.25) is 0 Å². The molecule has 3 aliphatic heterocycles. The first-order chi connectivity index (χ1) is 16.2. The summed E-state index contributed by atoms with van der Waals surface area (Å²) in [6.45, 7) is 4.87. The molecule has 0 aromatic heterocycles. The number of aryl methyl sites for hydroxylation is 1. The van der Waals surface area contributed by atoms with Crippen molar-refractivity contribution in [3.63, 3.8) is 0 Å². The Labute approximate surface area is 198 Å². The lowest BCUT2D eigenvalue weighted by Gasteiger charge is -2.36. The molecule has 0 saturated carbocycles. The van der Waals surface area contributed by atoms with Crippen molar-refractivity contribution in [3.8, 4) is 17.0 Å². The molecule has 0 radical (unpaired) electrons. The molecule has 2 N–H and O–H groups in total. The van der Waals surface area contributed by atoms with Crippen LogP contribution in [0.5, 0.6) is 5.75 Å². The van der Waals surface area contributed by atoms with Gasteiger partial charge in [-0.05, 0) is 67.1 Å². The van der Waals surface area contributed by atoms with Crippen molar-refractivity contribution in [2.24, 2.45) is 0 Å². The molecule has 0 amide bonds. The van der Waals surface area contributed by atoms with E-state index in [-0.39, 0.29) is 5.82 Å². The number of fused-ring (bicyclic) bond motifs is 3. The fourth-order valence-electron chi connectivity index (χ4n) is 4.67. The standard InChI is InChI=1S/C26H29FN4OS/c1-3-21-14-23-24(30-33-21)22-11-7-18(27)15-29-25(22)26(23)31-13-12-28-19(16-31)8-4-17-5-9-20(32-2)10-6-17/h5-7,9-11,14-15,19,28,30H,3-4,8,12-13,16H2,1-2H3. The second-order valence-corrected chi connectivity index (χ2v) is 9.46. The lowest BCUT2D eigenvalue weighted by Crippen LogP contribution is -2.51. The Hall–Kier alpha value is -2.77. The molecule has 7 heteroatoms. The van der Waals surface area contributed by atoms with Gasteiger partial charge in [-0.15, -0.1) is 0 Å². The summed E-state index contributed by atoms with van der Waals surface area (Å²) in [6.07, 6.45) is 6.63. The molecule has 1 saturated heterocycles. The van der Waals surface area contributed by atoms with Gasteiger partial charge in [0.2, 0.25) is 0 Å². The number of hydrogen-bond acceptors (Lipinski definition) is 6. The lowest BCUT2D eigenvalue weighted by molar-refractivity contribution is 0.414. The van der Waals surface area contributed by atoms with Crippen LogP contribution in [0.15, 0.2) is 47.5 Å². The number of halogens is 1. The maximum Gasteiger partial charge on any atom is 0.141 e. The summed E-state index contributed by atoms with van der Waals surface area (Å²) in [4.78, 5) is 8.31. The second kappa shape index (κ2) is 9.61. The quantitative estimate of drug-likeness (QED) is 0.465. The smallest absolute Gasteiger partial charge is 0.141 e. The van der Waals surface area contributed by atoms with Gasteiger partial charge in [-0.2, -0.15) is 0 Å². The van der Waals surface area contributed by atoms with Crippen LogP contribution in [0, 0.1) is 5.82 Å². The van der Waals surface area contributed by atoms with Crippen molar-refractivity contribution in [1.29, 1.82) is 0 Å². The number of benzene rings is 1. The molecule has 5 rings (SSSR count). The third-order valence-corrected chi connectivity index (χ3v) is 7.42. The minimum Gasteiger partial charge on any atom is -0.497 e. The van der Waals surface area contributed by atoms with Gasteiger partial charge < -0.3 is 19.7 Å². The molecule has 1 unspecified atom stereocenters. The summed E-state index contributed by atoms with van der Waals surface area (Å²) in [5, 5.41) is 3.69. The number of allylic oxidation sites excluding steroid dienone is 1. The highest BCUT2D eigenvalue weighted by atomic mass is 32.2. The normalized spacial score (nSPS) is 18.0. The Kier molecular flexibility index (Phi) is 6.42. The van der Waals surface area contributed by atoms with Crippen LogP contribution < -0.4 is 19.7 Å². The van der Waals surface area contributed by atoms with Crippen LogP contribution >= 0.6 is 11.9 Å². The average Bonchev–Trinajstić information content (AvgIpc) is 3.04. The topological polar surface area (TPSA) is 49.4 Å². The monoisotopic (exact) mass is 464 g/mol. The zero-order valence-electron chi connectivity index (χ0n) is 19.0. The highest BCUT2D eigenvalue weighted by Crippen LogP contribution is 2.50. The number of methoxy groups -OCH3 is 1. The van der Waals surface area contributed by atoms with Gasteiger partial charge in [-0.25, -0.2) is 4.39 Å². The number of piperazine rings is 1. The first-order valence-corrected chi connectivity index (χ1v) is 12.3. The van der Waals surface area contributed by atoms with E-state index in [0.717, 1.165) is 67.3 Å². The summed E-state index contributed by atoms with van der Waals surface area (Å²) in [5.41, 5.74) is 6.48. The van der Waals surface area contributed by atoms with E-state index in [1.54, 1.807) is 19.1 Å². The van der Waals surface area contributed by atoms with E-state index in [1.807, 2.05) is 18.2 Å². The molecule has 1 fully saturated rings. The maximum absolute atomic E-state index is 14.0. The zero-order valence-corrected chi connectivity index (χ0v) is 19.8. The van der Waals surface area contributed by atoms with Crippen molar-refractivity contribution < 1.29 is 9.13 Å². The van der Waals surface area contributed by atoms with Crippen LogP contribution in [-0.2, 0) is 6.42 Å². The number of nitrogens with one attached hydrogen (secondary N) is 2. The predicted molar refractivity (Wildman–Crippen MR) is 136 cm³/mol. The van der Waals surface area contributed by atoms with E-state index in [9.17, 15) is 4.39 Å². The van der Waals surface area contributed by atoms with Gasteiger partial charge in [0.15, 0.2) is 0 Å². The van der Waals surface area contributed by atoms with E-state index in [1.165, 1.54) is 28.3 Å². The highest BCUT2D eigenvalue weighted by molar-refractivity contribution is 8.04. The van der Waals surface area contributed by atoms with Crippen molar-refractivity contribution in [1.82, 2.24) is 10.3 Å². The summed E-state index contributed by atoms with van der Waals surface area (Å²) in [5.74, 6) is 0.564. The van der Waals surface area contributed by atoms with Crippen molar-refractivity contribution in [2.45, 2.75) is 32.2 Å². The Morgan fingerprint density at radius 2 is 2.06 bits per heavy atom. The van der Waals surface area contributed by atoms with Gasteiger partial charge in [0.05, 0.1) is 30.4 Å². The molecule has 3 heterocycles. The third-order valence-electron chi connectivity index (χ3n) is 6.45. The molecule has 1 aliphatic carbocycles. The summed E-state index contributed by atoms with van der Waals surface area (Å²) in [6, 6.07) is 12.0. The van der Waals surface area contributed by atoms with Gasteiger partial charge in [0.25, 0.3) is 0 Å². The van der Waals surface area contributed by atoms with E-state index in [4.69, 9.17) is 4.74 Å². The molecule has 5 nitrogen and oxygen atoms in total. The zero-order chi connectivity index (χ0) is 22.8. The van der Waals surface area contributed by atoms with Gasteiger partial charge in [0.1, 0.15) is 11.6 Å². The van der Waals surface area contributed by atoms with Gasteiger partial charge in [-0.3, -0.25) is 4.98 Å². The largest absolute Gasteiger partial charge is 0.497 e. The summed E-state index contributed by atoms with van der Waals surface area (Å²) in [7, 11) is 1.69. The molecule has 0 spiro atoms. The van der Waals surface area contributed by atoms with Crippen LogP contribution in [0.3, 0.4) is 0 Å². The van der Waals surface area contributed by atoms with E-state index in [2.05, 4.69) is 45.1 Å². The molecule has 172 valence electrons. The van der Waals surface area contributed by atoms with E-state index < -0.39 is 0 Å². The molecular weight excluding hydrogens is 435 g/mol. The molecule has 1 aromatic rings. The number of rotatable bonds is 6. The SMILES string of the molecule is CCC1=Cc2c(c3ccc(F)cnc-3c2N2CCNC(CCc3ccc(OC)cc3)C2)NS1. The van der Waals surface area contributed by atoms with Gasteiger partial charge in [-0.1, -0.05) is 19.1 Å². The van der Waals surface area contributed by atoms with Crippen LogP contribution in [0.25, 0.3) is 17.3 Å². The molecular formula is C26H29FN4OS. The second-order valence-electron chi connectivity index (χ2n) is 8.53. The number of anilines is 2. The Morgan fingerprint density at radius 3 is 2.85 bits per heavy atom.